The number of amides is 1. The van der Waals surface area contributed by atoms with Crippen LogP contribution < -0.4 is 5.32 Å². The molecule has 1 amide bonds. The topological polar surface area (TPSA) is 29.1 Å². The third-order valence-corrected chi connectivity index (χ3v) is 4.37. The fourth-order valence-corrected chi connectivity index (χ4v) is 3.49. The molecular formula is C20H17NO. The Hall–Kier alpha value is -2.61. The summed E-state index contributed by atoms with van der Waals surface area (Å²) in [6.07, 6.45) is 4.00. The molecule has 2 nitrogen and oxygen atoms in total. The van der Waals surface area contributed by atoms with Gasteiger partial charge in [-0.3, -0.25) is 4.79 Å². The van der Waals surface area contributed by atoms with E-state index in [1.807, 2.05) is 0 Å². The van der Waals surface area contributed by atoms with Gasteiger partial charge < -0.3 is 5.32 Å². The molecular weight excluding hydrogens is 270 g/mol. The Morgan fingerprint density at radius 3 is 2.45 bits per heavy atom. The van der Waals surface area contributed by atoms with Crippen molar-refractivity contribution in [1.29, 1.82) is 0 Å². The molecule has 0 heterocycles. The predicted octanol–water partition coefficient (Wildman–Crippen LogP) is 3.73. The average Bonchev–Trinajstić information content (AvgIpc) is 3.06. The van der Waals surface area contributed by atoms with Crippen LogP contribution in [0.1, 0.15) is 29.2 Å². The van der Waals surface area contributed by atoms with E-state index in [1.165, 1.54) is 33.4 Å². The predicted molar refractivity (Wildman–Crippen MR) is 89.0 cm³/mol. The molecule has 2 aliphatic carbocycles. The third kappa shape index (κ3) is 2.08. The summed E-state index contributed by atoms with van der Waals surface area (Å²) in [6, 6.07) is 16.9. The number of allylic oxidation sites excluding steroid dienone is 3. The van der Waals surface area contributed by atoms with Crippen LogP contribution in [0, 0.1) is 0 Å². The zero-order valence-corrected chi connectivity index (χ0v) is 12.5. The van der Waals surface area contributed by atoms with Gasteiger partial charge in [-0.2, -0.15) is 0 Å². The van der Waals surface area contributed by atoms with Crippen LogP contribution in [0.5, 0.6) is 0 Å². The average molecular weight is 287 g/mol. The molecule has 0 unspecified atom stereocenters. The van der Waals surface area contributed by atoms with Crippen LogP contribution in [0.3, 0.4) is 0 Å². The van der Waals surface area contributed by atoms with E-state index in [-0.39, 0.29) is 5.91 Å². The molecule has 0 fully saturated rings. The number of hydrogen-bond acceptors (Lipinski definition) is 1. The molecule has 0 atom stereocenters. The van der Waals surface area contributed by atoms with Gasteiger partial charge in [0.1, 0.15) is 0 Å². The first-order valence-corrected chi connectivity index (χ1v) is 7.60. The second kappa shape index (κ2) is 4.99. The van der Waals surface area contributed by atoms with Gasteiger partial charge in [0.2, 0.25) is 5.91 Å². The first-order chi connectivity index (χ1) is 10.7. The monoisotopic (exact) mass is 287 g/mol. The summed E-state index contributed by atoms with van der Waals surface area (Å²) in [6.45, 7) is 1.57. The van der Waals surface area contributed by atoms with Gasteiger partial charge in [0.25, 0.3) is 0 Å². The van der Waals surface area contributed by atoms with Crippen LogP contribution >= 0.6 is 0 Å². The zero-order chi connectivity index (χ0) is 15.1. The fourth-order valence-electron chi connectivity index (χ4n) is 3.49. The van der Waals surface area contributed by atoms with E-state index in [2.05, 4.69) is 59.9 Å². The number of nitrogens with one attached hydrogen (secondary N) is 1. The molecule has 2 aromatic carbocycles. The highest BCUT2D eigenvalue weighted by atomic mass is 16.1. The minimum atomic E-state index is -0.00332. The Kier molecular flexibility index (Phi) is 2.97. The molecule has 0 bridgehead atoms. The number of carbonyl (C=O) groups excluding carboxylic acids is 1. The molecule has 0 saturated heterocycles. The lowest BCUT2D eigenvalue weighted by Crippen LogP contribution is -2.20. The molecule has 0 radical (unpaired) electrons. The maximum atomic E-state index is 11.6. The molecule has 0 aliphatic heterocycles. The molecule has 1 N–H and O–H groups in total. The first-order valence-electron chi connectivity index (χ1n) is 7.60. The lowest BCUT2D eigenvalue weighted by Gasteiger charge is -2.10. The van der Waals surface area contributed by atoms with Crippen LogP contribution in [0.25, 0.3) is 11.6 Å². The number of carbonyl (C=O) groups is 1. The minimum Gasteiger partial charge on any atom is -0.329 e. The number of benzene rings is 2. The molecule has 2 heteroatoms. The van der Waals surface area contributed by atoms with Crippen molar-refractivity contribution in [2.75, 3.05) is 0 Å². The number of fused-ring (bicyclic) bond motifs is 2. The molecule has 2 aromatic rings. The van der Waals surface area contributed by atoms with Crippen LogP contribution in [0.2, 0.25) is 0 Å². The van der Waals surface area contributed by atoms with Gasteiger partial charge in [-0.25, -0.2) is 0 Å². The van der Waals surface area contributed by atoms with E-state index >= 15 is 0 Å². The lowest BCUT2D eigenvalue weighted by atomic mass is 9.97. The van der Waals surface area contributed by atoms with Gasteiger partial charge in [-0.15, -0.1) is 0 Å². The second-order valence-electron chi connectivity index (χ2n) is 5.91. The summed E-state index contributed by atoms with van der Waals surface area (Å²) in [5.74, 6) is -0.00332. The van der Waals surface area contributed by atoms with Gasteiger partial charge >= 0.3 is 0 Å². The second-order valence-corrected chi connectivity index (χ2v) is 5.91. The van der Waals surface area contributed by atoms with E-state index in [4.69, 9.17) is 0 Å². The van der Waals surface area contributed by atoms with Crippen molar-refractivity contribution < 1.29 is 4.79 Å². The Morgan fingerprint density at radius 1 is 0.955 bits per heavy atom. The smallest absolute Gasteiger partial charge is 0.221 e. The molecule has 22 heavy (non-hydrogen) atoms. The van der Waals surface area contributed by atoms with Gasteiger partial charge in [-0.05, 0) is 34.2 Å². The van der Waals surface area contributed by atoms with Crippen LogP contribution in [0.15, 0.2) is 59.8 Å². The molecule has 0 saturated carbocycles. The normalized spacial score (nSPS) is 15.4. The first kappa shape index (κ1) is 13.1. The lowest BCUT2D eigenvalue weighted by molar-refractivity contribution is -0.118. The molecule has 2 aliphatic rings. The van der Waals surface area contributed by atoms with Crippen molar-refractivity contribution in [3.8, 4) is 0 Å². The summed E-state index contributed by atoms with van der Waals surface area (Å²) in [7, 11) is 0. The Balaban J connectivity index is 1.82. The highest BCUT2D eigenvalue weighted by Crippen LogP contribution is 2.41. The number of rotatable bonds is 2. The van der Waals surface area contributed by atoms with Crippen molar-refractivity contribution in [3.63, 3.8) is 0 Å². The van der Waals surface area contributed by atoms with Crippen LogP contribution in [-0.2, 0) is 17.6 Å². The van der Waals surface area contributed by atoms with E-state index < -0.39 is 0 Å². The maximum absolute atomic E-state index is 11.6. The highest BCUT2D eigenvalue weighted by Gasteiger charge is 2.26. The molecule has 0 spiro atoms. The number of hydrogen-bond donors (Lipinski definition) is 1. The Bertz CT molecular complexity index is 842. The maximum Gasteiger partial charge on any atom is 0.221 e. The summed E-state index contributed by atoms with van der Waals surface area (Å²) < 4.78 is 0. The van der Waals surface area contributed by atoms with Crippen LogP contribution in [-0.4, -0.2) is 5.91 Å². The van der Waals surface area contributed by atoms with Gasteiger partial charge in [0, 0.05) is 24.6 Å². The van der Waals surface area contributed by atoms with Crippen molar-refractivity contribution in [2.24, 2.45) is 0 Å². The zero-order valence-electron chi connectivity index (χ0n) is 12.5. The van der Waals surface area contributed by atoms with Gasteiger partial charge in [0.05, 0.1) is 0 Å². The molecule has 108 valence electrons. The Morgan fingerprint density at radius 2 is 1.68 bits per heavy atom. The standard InChI is InChI=1S/C20H17NO/c1-13(22)21-19-12-16-8-4-5-9-18(16)20(19)17-10-14-6-2-3-7-15(14)11-17/h2-10H,11-12H2,1H3,(H,21,22). The van der Waals surface area contributed by atoms with Crippen molar-refractivity contribution in [1.82, 2.24) is 5.32 Å². The summed E-state index contributed by atoms with van der Waals surface area (Å²) in [5.41, 5.74) is 8.74. The van der Waals surface area contributed by atoms with E-state index in [9.17, 15) is 4.79 Å². The van der Waals surface area contributed by atoms with E-state index in [0.717, 1.165) is 18.5 Å². The largest absolute Gasteiger partial charge is 0.329 e. The highest BCUT2D eigenvalue weighted by molar-refractivity contribution is 5.94. The van der Waals surface area contributed by atoms with Crippen molar-refractivity contribution in [2.45, 2.75) is 19.8 Å². The van der Waals surface area contributed by atoms with Gasteiger partial charge in [0.15, 0.2) is 0 Å². The third-order valence-electron chi connectivity index (χ3n) is 4.37. The van der Waals surface area contributed by atoms with Crippen molar-refractivity contribution >= 4 is 17.6 Å². The van der Waals surface area contributed by atoms with E-state index in [0.29, 0.717) is 0 Å². The van der Waals surface area contributed by atoms with Crippen molar-refractivity contribution in [3.05, 3.63) is 82.1 Å². The Labute approximate surface area is 130 Å². The minimum absolute atomic E-state index is 0.00332. The van der Waals surface area contributed by atoms with E-state index in [1.54, 1.807) is 6.92 Å². The SMILES string of the molecule is CC(=O)NC1=C(C2=Cc3ccccc3C2)c2ccccc2C1. The van der Waals surface area contributed by atoms with Crippen LogP contribution in [0.4, 0.5) is 0 Å². The fraction of sp³-hybridized carbons (Fsp3) is 0.150. The summed E-state index contributed by atoms with van der Waals surface area (Å²) in [5, 5.41) is 3.04. The molecule has 4 rings (SSSR count). The van der Waals surface area contributed by atoms with Gasteiger partial charge in [-0.1, -0.05) is 54.6 Å². The summed E-state index contributed by atoms with van der Waals surface area (Å²) in [4.78, 5) is 11.6. The molecule has 0 aromatic heterocycles. The summed E-state index contributed by atoms with van der Waals surface area (Å²) >= 11 is 0. The quantitative estimate of drug-likeness (QED) is 0.896.